The SMILES string of the molecule is NCCN=C1CN=C(c2ccc[nH]2)c2cc(Cl)ccc2N1. The molecule has 2 aromatic rings. The molecule has 108 valence electrons. The fourth-order valence-corrected chi connectivity index (χ4v) is 2.42. The monoisotopic (exact) mass is 301 g/mol. The summed E-state index contributed by atoms with van der Waals surface area (Å²) in [5.74, 6) is 0.811. The summed E-state index contributed by atoms with van der Waals surface area (Å²) in [5, 5.41) is 4.00. The van der Waals surface area contributed by atoms with Gasteiger partial charge in [0, 0.05) is 29.0 Å². The van der Waals surface area contributed by atoms with Crippen LogP contribution < -0.4 is 11.1 Å². The van der Waals surface area contributed by atoms with Gasteiger partial charge in [0.1, 0.15) is 5.84 Å². The molecule has 3 rings (SSSR count). The van der Waals surface area contributed by atoms with Crippen molar-refractivity contribution < 1.29 is 0 Å². The van der Waals surface area contributed by atoms with Crippen molar-refractivity contribution in [1.82, 2.24) is 4.98 Å². The molecule has 0 spiro atoms. The zero-order valence-corrected chi connectivity index (χ0v) is 12.2. The van der Waals surface area contributed by atoms with Gasteiger partial charge in [-0.3, -0.25) is 9.98 Å². The summed E-state index contributed by atoms with van der Waals surface area (Å²) in [6, 6.07) is 9.65. The van der Waals surface area contributed by atoms with Gasteiger partial charge in [0.2, 0.25) is 0 Å². The van der Waals surface area contributed by atoms with Crippen LogP contribution in [0, 0.1) is 0 Å². The summed E-state index contributed by atoms with van der Waals surface area (Å²) in [6.45, 7) is 1.59. The van der Waals surface area contributed by atoms with Gasteiger partial charge in [0.15, 0.2) is 0 Å². The second-order valence-electron chi connectivity index (χ2n) is 4.68. The van der Waals surface area contributed by atoms with E-state index < -0.39 is 0 Å². The molecule has 0 saturated heterocycles. The summed E-state index contributed by atoms with van der Waals surface area (Å²) in [7, 11) is 0. The topological polar surface area (TPSA) is 78.6 Å². The zero-order chi connectivity index (χ0) is 14.7. The van der Waals surface area contributed by atoms with Crippen LogP contribution in [0.1, 0.15) is 11.3 Å². The third kappa shape index (κ3) is 2.99. The lowest BCUT2D eigenvalue weighted by Crippen LogP contribution is -2.17. The molecule has 0 aliphatic carbocycles. The van der Waals surface area contributed by atoms with E-state index in [4.69, 9.17) is 17.3 Å². The van der Waals surface area contributed by atoms with Crippen molar-refractivity contribution in [3.8, 4) is 0 Å². The number of benzene rings is 1. The first-order valence-electron chi connectivity index (χ1n) is 6.76. The molecule has 21 heavy (non-hydrogen) atoms. The summed E-state index contributed by atoms with van der Waals surface area (Å²) in [6.07, 6.45) is 1.88. The Labute approximate surface area is 128 Å². The van der Waals surface area contributed by atoms with E-state index in [0.717, 1.165) is 28.5 Å². The minimum absolute atomic E-state index is 0.487. The minimum atomic E-state index is 0.487. The smallest absolute Gasteiger partial charge is 0.123 e. The molecule has 0 unspecified atom stereocenters. The van der Waals surface area contributed by atoms with Gasteiger partial charge in [-0.2, -0.15) is 0 Å². The van der Waals surface area contributed by atoms with Crippen LogP contribution in [0.5, 0.6) is 0 Å². The van der Waals surface area contributed by atoms with Gasteiger partial charge in [-0.1, -0.05) is 11.6 Å². The lowest BCUT2D eigenvalue weighted by molar-refractivity contribution is 0.969. The van der Waals surface area contributed by atoms with Crippen molar-refractivity contribution in [1.29, 1.82) is 0 Å². The summed E-state index contributed by atoms with van der Waals surface area (Å²) in [5.41, 5.74) is 9.25. The van der Waals surface area contributed by atoms with Crippen LogP contribution >= 0.6 is 11.6 Å². The van der Waals surface area contributed by atoms with Crippen molar-refractivity contribution in [3.05, 3.63) is 52.8 Å². The van der Waals surface area contributed by atoms with Gasteiger partial charge < -0.3 is 16.0 Å². The highest BCUT2D eigenvalue weighted by molar-refractivity contribution is 6.31. The number of aromatic amines is 1. The molecular formula is C15H16ClN5. The van der Waals surface area contributed by atoms with Crippen LogP contribution in [0.4, 0.5) is 5.69 Å². The highest BCUT2D eigenvalue weighted by Crippen LogP contribution is 2.25. The maximum atomic E-state index is 6.14. The van der Waals surface area contributed by atoms with Gasteiger partial charge in [-0.15, -0.1) is 0 Å². The number of halogens is 1. The Morgan fingerprint density at radius 1 is 1.33 bits per heavy atom. The number of nitrogens with zero attached hydrogens (tertiary/aromatic N) is 2. The first-order valence-corrected chi connectivity index (χ1v) is 7.14. The Morgan fingerprint density at radius 2 is 2.24 bits per heavy atom. The highest BCUT2D eigenvalue weighted by atomic mass is 35.5. The Kier molecular flexibility index (Phi) is 4.03. The number of nitrogens with two attached hydrogens (primary N) is 1. The number of H-pyrrole nitrogens is 1. The molecule has 5 nitrogen and oxygen atoms in total. The average Bonchev–Trinajstić information content (AvgIpc) is 2.95. The Balaban J connectivity index is 2.08. The number of nitrogens with one attached hydrogen (secondary N) is 2. The predicted molar refractivity (Wildman–Crippen MR) is 87.7 cm³/mol. The van der Waals surface area contributed by atoms with Gasteiger partial charge in [-0.05, 0) is 30.3 Å². The van der Waals surface area contributed by atoms with Crippen molar-refractivity contribution in [2.24, 2.45) is 15.7 Å². The van der Waals surface area contributed by atoms with Gasteiger partial charge in [0.05, 0.1) is 24.5 Å². The number of amidine groups is 1. The lowest BCUT2D eigenvalue weighted by Gasteiger charge is -2.10. The third-order valence-electron chi connectivity index (χ3n) is 3.19. The van der Waals surface area contributed by atoms with E-state index in [0.29, 0.717) is 24.7 Å². The van der Waals surface area contributed by atoms with Crippen LogP contribution in [-0.4, -0.2) is 36.2 Å². The molecule has 0 fully saturated rings. The lowest BCUT2D eigenvalue weighted by atomic mass is 10.1. The number of aliphatic imine (C=N–C) groups is 2. The van der Waals surface area contributed by atoms with E-state index >= 15 is 0 Å². The maximum Gasteiger partial charge on any atom is 0.123 e. The van der Waals surface area contributed by atoms with Crippen LogP contribution in [0.3, 0.4) is 0 Å². The molecule has 0 radical (unpaired) electrons. The molecule has 2 heterocycles. The molecule has 0 atom stereocenters. The van der Waals surface area contributed by atoms with Gasteiger partial charge >= 0.3 is 0 Å². The normalized spacial score (nSPS) is 16.1. The first-order chi connectivity index (χ1) is 10.3. The van der Waals surface area contributed by atoms with E-state index in [1.807, 2.05) is 36.5 Å². The minimum Gasteiger partial charge on any atom is -0.360 e. The number of benzodiazepines with no additional fused rings is 1. The zero-order valence-electron chi connectivity index (χ0n) is 11.4. The van der Waals surface area contributed by atoms with E-state index in [1.165, 1.54) is 0 Å². The Hall–Kier alpha value is -2.11. The summed E-state index contributed by atoms with van der Waals surface area (Å²) in [4.78, 5) is 12.3. The number of anilines is 1. The van der Waals surface area contributed by atoms with Gasteiger partial charge in [0.25, 0.3) is 0 Å². The van der Waals surface area contributed by atoms with E-state index in [-0.39, 0.29) is 0 Å². The highest BCUT2D eigenvalue weighted by Gasteiger charge is 2.17. The van der Waals surface area contributed by atoms with Crippen LogP contribution in [0.25, 0.3) is 0 Å². The van der Waals surface area contributed by atoms with Crippen LogP contribution in [0.2, 0.25) is 5.02 Å². The van der Waals surface area contributed by atoms with E-state index in [1.54, 1.807) is 0 Å². The number of fused-ring (bicyclic) bond motifs is 1. The largest absolute Gasteiger partial charge is 0.360 e. The number of aromatic nitrogens is 1. The second kappa shape index (κ2) is 6.11. The fraction of sp³-hybridized carbons (Fsp3) is 0.200. The van der Waals surface area contributed by atoms with Gasteiger partial charge in [-0.25, -0.2) is 0 Å². The molecule has 1 aromatic heterocycles. The molecule has 0 saturated carbocycles. The molecule has 6 heteroatoms. The van der Waals surface area contributed by atoms with Crippen molar-refractivity contribution in [3.63, 3.8) is 0 Å². The number of hydrogen-bond acceptors (Lipinski definition) is 3. The van der Waals surface area contributed by atoms with Crippen LogP contribution in [-0.2, 0) is 0 Å². The Morgan fingerprint density at radius 3 is 3.00 bits per heavy atom. The predicted octanol–water partition coefficient (Wildman–Crippen LogP) is 2.29. The molecule has 1 aromatic carbocycles. The Bertz CT molecular complexity index is 688. The molecule has 4 N–H and O–H groups in total. The maximum absolute atomic E-state index is 6.14. The summed E-state index contributed by atoms with van der Waals surface area (Å²) < 4.78 is 0. The van der Waals surface area contributed by atoms with Crippen molar-refractivity contribution >= 4 is 28.8 Å². The second-order valence-corrected chi connectivity index (χ2v) is 5.12. The number of hydrogen-bond donors (Lipinski definition) is 3. The molecule has 0 bridgehead atoms. The standard InChI is InChI=1S/C15H16ClN5/c16-10-3-4-12-11(8-10)15(13-2-1-6-18-13)20-9-14(21-12)19-7-5-17/h1-4,6,8,18H,5,7,9,17H2,(H,19,21). The molecule has 1 aliphatic rings. The third-order valence-corrected chi connectivity index (χ3v) is 3.42. The van der Waals surface area contributed by atoms with Crippen LogP contribution in [0.15, 0.2) is 46.5 Å². The van der Waals surface area contributed by atoms with Crippen molar-refractivity contribution in [2.75, 3.05) is 25.0 Å². The average molecular weight is 302 g/mol. The first kappa shape index (κ1) is 13.9. The van der Waals surface area contributed by atoms with Crippen molar-refractivity contribution in [2.45, 2.75) is 0 Å². The fourth-order valence-electron chi connectivity index (χ4n) is 2.25. The molecule has 0 amide bonds. The number of rotatable bonds is 3. The van der Waals surface area contributed by atoms with E-state index in [9.17, 15) is 0 Å². The summed E-state index contributed by atoms with van der Waals surface area (Å²) >= 11 is 6.14. The molecular weight excluding hydrogens is 286 g/mol. The van der Waals surface area contributed by atoms with E-state index in [2.05, 4.69) is 20.3 Å². The molecule has 1 aliphatic heterocycles. The quantitative estimate of drug-likeness (QED) is 0.813.